The average Bonchev–Trinajstić information content (AvgIpc) is 2.37. The van der Waals surface area contributed by atoms with Gasteiger partial charge in [-0.25, -0.2) is 4.79 Å². The lowest BCUT2D eigenvalue weighted by atomic mass is 10.0. The van der Waals surface area contributed by atoms with Crippen LogP contribution in [-0.4, -0.2) is 19.2 Å². The fourth-order valence-corrected chi connectivity index (χ4v) is 1.52. The molecule has 0 saturated carbocycles. The molecule has 1 unspecified atom stereocenters. The number of carbonyl (C=O) groups excluding carboxylic acids is 1. The summed E-state index contributed by atoms with van der Waals surface area (Å²) >= 11 is 0. The summed E-state index contributed by atoms with van der Waals surface area (Å²) in [5.41, 5.74) is 6.89. The molecule has 0 radical (unpaired) electrons. The first kappa shape index (κ1) is 13.5. The maximum atomic E-state index is 11.3. The zero-order valence-electron chi connectivity index (χ0n) is 10.5. The minimum atomic E-state index is -0.634. The summed E-state index contributed by atoms with van der Waals surface area (Å²) in [7, 11) is 1.34. The van der Waals surface area contributed by atoms with Gasteiger partial charge >= 0.3 is 5.97 Å². The molecule has 2 N–H and O–H groups in total. The van der Waals surface area contributed by atoms with Gasteiger partial charge < -0.3 is 15.2 Å². The number of hydrogen-bond donors (Lipinski definition) is 1. The molecule has 0 fully saturated rings. The van der Waals surface area contributed by atoms with Gasteiger partial charge in [-0.15, -0.1) is 0 Å². The van der Waals surface area contributed by atoms with E-state index in [4.69, 9.17) is 10.5 Å². The van der Waals surface area contributed by atoms with Gasteiger partial charge in [-0.3, -0.25) is 0 Å². The number of rotatable bonds is 5. The van der Waals surface area contributed by atoms with Crippen LogP contribution >= 0.6 is 0 Å². The fraction of sp³-hybridized carbons (Fsp3) is 0.462. The fourth-order valence-electron chi connectivity index (χ4n) is 1.52. The van der Waals surface area contributed by atoms with Crippen molar-refractivity contribution in [1.82, 2.24) is 0 Å². The van der Waals surface area contributed by atoms with Gasteiger partial charge in [0.2, 0.25) is 0 Å². The number of ether oxygens (including phenoxy) is 2. The van der Waals surface area contributed by atoms with Crippen LogP contribution < -0.4 is 10.5 Å². The molecule has 4 nitrogen and oxygen atoms in total. The first-order chi connectivity index (χ1) is 8.10. The van der Waals surface area contributed by atoms with Crippen molar-refractivity contribution in [3.05, 3.63) is 29.8 Å². The van der Waals surface area contributed by atoms with Crippen molar-refractivity contribution in [2.24, 2.45) is 5.73 Å². The van der Waals surface area contributed by atoms with E-state index in [0.29, 0.717) is 5.75 Å². The lowest BCUT2D eigenvalue weighted by Gasteiger charge is -2.18. The smallest absolute Gasteiger partial charge is 0.346 e. The van der Waals surface area contributed by atoms with Crippen LogP contribution in [0.3, 0.4) is 0 Å². The van der Waals surface area contributed by atoms with E-state index in [0.717, 1.165) is 12.0 Å². The van der Waals surface area contributed by atoms with E-state index >= 15 is 0 Å². The zero-order valence-corrected chi connectivity index (χ0v) is 10.5. The number of benzene rings is 1. The third-order valence-corrected chi connectivity index (χ3v) is 2.60. The Morgan fingerprint density at radius 2 is 2.06 bits per heavy atom. The molecule has 17 heavy (non-hydrogen) atoms. The molecule has 0 spiro atoms. The molecule has 0 aliphatic heterocycles. The van der Waals surface area contributed by atoms with Gasteiger partial charge in [-0.2, -0.15) is 0 Å². The van der Waals surface area contributed by atoms with Crippen molar-refractivity contribution < 1.29 is 14.3 Å². The molecule has 4 heteroatoms. The molecule has 0 aliphatic carbocycles. The second-order valence-corrected chi connectivity index (χ2v) is 3.84. The Balaban J connectivity index is 2.87. The summed E-state index contributed by atoms with van der Waals surface area (Å²) in [5, 5.41) is 0. The minimum Gasteiger partial charge on any atom is -0.479 e. The first-order valence-corrected chi connectivity index (χ1v) is 5.69. The lowest BCUT2D eigenvalue weighted by molar-refractivity contribution is -0.147. The molecule has 0 aromatic heterocycles. The van der Waals surface area contributed by atoms with Crippen molar-refractivity contribution in [2.75, 3.05) is 7.11 Å². The molecule has 2 atom stereocenters. The molecule has 94 valence electrons. The highest BCUT2D eigenvalue weighted by atomic mass is 16.6. The Hall–Kier alpha value is -1.55. The third-order valence-electron chi connectivity index (χ3n) is 2.60. The van der Waals surface area contributed by atoms with Gasteiger partial charge in [0.05, 0.1) is 7.11 Å². The number of carbonyl (C=O) groups is 1. The van der Waals surface area contributed by atoms with Crippen LogP contribution in [0.4, 0.5) is 0 Å². The summed E-state index contributed by atoms with van der Waals surface area (Å²) in [4.78, 5) is 11.3. The molecule has 0 saturated heterocycles. The molecule has 0 amide bonds. The number of para-hydroxylation sites is 1. The van der Waals surface area contributed by atoms with Crippen LogP contribution in [0, 0.1) is 0 Å². The predicted molar refractivity (Wildman–Crippen MR) is 65.8 cm³/mol. The van der Waals surface area contributed by atoms with Gasteiger partial charge in [0, 0.05) is 11.6 Å². The van der Waals surface area contributed by atoms with Crippen molar-refractivity contribution >= 4 is 5.97 Å². The number of hydrogen-bond acceptors (Lipinski definition) is 4. The quantitative estimate of drug-likeness (QED) is 0.796. The Labute approximate surface area is 102 Å². The van der Waals surface area contributed by atoms with Gasteiger partial charge in [0.1, 0.15) is 5.75 Å². The predicted octanol–water partition coefficient (Wildman–Crippen LogP) is 2.04. The molecule has 1 aromatic rings. The molecular weight excluding hydrogens is 218 g/mol. The van der Waals surface area contributed by atoms with Crippen LogP contribution in [-0.2, 0) is 9.53 Å². The van der Waals surface area contributed by atoms with Crippen LogP contribution in [0.1, 0.15) is 31.9 Å². The molecule has 1 rings (SSSR count). The SMILES string of the molecule is CC[C@H](N)c1ccccc1OC(C)C(=O)OC. The van der Waals surface area contributed by atoms with E-state index in [1.54, 1.807) is 6.92 Å². The number of esters is 1. The maximum Gasteiger partial charge on any atom is 0.346 e. The minimum absolute atomic E-state index is 0.0870. The van der Waals surface area contributed by atoms with Gasteiger partial charge in [-0.05, 0) is 19.4 Å². The largest absolute Gasteiger partial charge is 0.479 e. The van der Waals surface area contributed by atoms with Crippen LogP contribution in [0.2, 0.25) is 0 Å². The Morgan fingerprint density at radius 1 is 1.41 bits per heavy atom. The van der Waals surface area contributed by atoms with Gasteiger partial charge in [0.15, 0.2) is 6.10 Å². The highest BCUT2D eigenvalue weighted by molar-refractivity contribution is 5.74. The molecule has 1 aromatic carbocycles. The molecule has 0 bridgehead atoms. The average molecular weight is 237 g/mol. The van der Waals surface area contributed by atoms with Crippen LogP contribution in [0.15, 0.2) is 24.3 Å². The van der Waals surface area contributed by atoms with Gasteiger partial charge in [-0.1, -0.05) is 25.1 Å². The number of nitrogens with two attached hydrogens (primary N) is 1. The second-order valence-electron chi connectivity index (χ2n) is 3.84. The van der Waals surface area contributed by atoms with Crippen molar-refractivity contribution in [2.45, 2.75) is 32.4 Å². The molecule has 0 aliphatic rings. The normalized spacial score (nSPS) is 13.9. The number of methoxy groups -OCH3 is 1. The highest BCUT2D eigenvalue weighted by Gasteiger charge is 2.17. The Bertz CT molecular complexity index is 379. The standard InChI is InChI=1S/C13H19NO3/c1-4-11(14)10-7-5-6-8-12(10)17-9(2)13(15)16-3/h5-9,11H,4,14H2,1-3H3/t9?,11-/m0/s1. The Morgan fingerprint density at radius 3 is 2.65 bits per heavy atom. The van der Waals surface area contributed by atoms with Crippen molar-refractivity contribution in [1.29, 1.82) is 0 Å². The Kier molecular flexibility index (Phi) is 4.97. The lowest BCUT2D eigenvalue weighted by Crippen LogP contribution is -2.26. The van der Waals surface area contributed by atoms with Crippen molar-refractivity contribution in [3.8, 4) is 5.75 Å². The molecule has 0 heterocycles. The van der Waals surface area contributed by atoms with E-state index in [-0.39, 0.29) is 6.04 Å². The van der Waals surface area contributed by atoms with Gasteiger partial charge in [0.25, 0.3) is 0 Å². The van der Waals surface area contributed by atoms with E-state index in [1.807, 2.05) is 31.2 Å². The van der Waals surface area contributed by atoms with Crippen molar-refractivity contribution in [3.63, 3.8) is 0 Å². The highest BCUT2D eigenvalue weighted by Crippen LogP contribution is 2.26. The first-order valence-electron chi connectivity index (χ1n) is 5.69. The third kappa shape index (κ3) is 3.46. The second kappa shape index (κ2) is 6.25. The monoisotopic (exact) mass is 237 g/mol. The summed E-state index contributed by atoms with van der Waals surface area (Å²) in [5.74, 6) is 0.240. The van der Waals surface area contributed by atoms with Crippen LogP contribution in [0.5, 0.6) is 5.75 Å². The van der Waals surface area contributed by atoms with E-state index in [9.17, 15) is 4.79 Å². The maximum absolute atomic E-state index is 11.3. The zero-order chi connectivity index (χ0) is 12.8. The summed E-state index contributed by atoms with van der Waals surface area (Å²) < 4.78 is 10.2. The summed E-state index contributed by atoms with van der Waals surface area (Å²) in [6, 6.07) is 7.39. The summed E-state index contributed by atoms with van der Waals surface area (Å²) in [6.07, 6.45) is 0.178. The molecular formula is C13H19NO3. The summed E-state index contributed by atoms with van der Waals surface area (Å²) in [6.45, 7) is 3.66. The topological polar surface area (TPSA) is 61.5 Å². The van der Waals surface area contributed by atoms with E-state index in [1.165, 1.54) is 7.11 Å². The van der Waals surface area contributed by atoms with E-state index < -0.39 is 12.1 Å². The van der Waals surface area contributed by atoms with E-state index in [2.05, 4.69) is 4.74 Å². The van der Waals surface area contributed by atoms with Crippen LogP contribution in [0.25, 0.3) is 0 Å².